The van der Waals surface area contributed by atoms with Crippen LogP contribution in [0.25, 0.3) is 0 Å². The SMILES string of the molecule is Cc1cccc(C(=O)CC2Cc3ccccc32)c1C. The van der Waals surface area contributed by atoms with Gasteiger partial charge in [-0.2, -0.15) is 0 Å². The van der Waals surface area contributed by atoms with E-state index in [1.165, 1.54) is 16.7 Å². The number of ketones is 1. The summed E-state index contributed by atoms with van der Waals surface area (Å²) in [7, 11) is 0. The maximum absolute atomic E-state index is 12.4. The maximum atomic E-state index is 12.4. The summed E-state index contributed by atoms with van der Waals surface area (Å²) >= 11 is 0. The van der Waals surface area contributed by atoms with Gasteiger partial charge < -0.3 is 0 Å². The van der Waals surface area contributed by atoms with E-state index in [2.05, 4.69) is 37.3 Å². The normalized spacial score (nSPS) is 16.6. The molecule has 0 amide bonds. The summed E-state index contributed by atoms with van der Waals surface area (Å²) in [5.74, 6) is 0.698. The Morgan fingerprint density at radius 2 is 1.89 bits per heavy atom. The second kappa shape index (κ2) is 4.65. The van der Waals surface area contributed by atoms with Crippen molar-refractivity contribution in [1.82, 2.24) is 0 Å². The third-order valence-corrected chi connectivity index (χ3v) is 4.30. The summed E-state index contributed by atoms with van der Waals surface area (Å²) in [5.41, 5.74) is 5.98. The highest BCUT2D eigenvalue weighted by Gasteiger charge is 2.28. The van der Waals surface area contributed by atoms with Gasteiger partial charge in [0.05, 0.1) is 0 Å². The fraction of sp³-hybridized carbons (Fsp3) is 0.278. The fourth-order valence-electron chi connectivity index (χ4n) is 2.93. The first-order valence-corrected chi connectivity index (χ1v) is 6.84. The Morgan fingerprint density at radius 1 is 1.11 bits per heavy atom. The van der Waals surface area contributed by atoms with Crippen LogP contribution in [0.1, 0.15) is 45.0 Å². The van der Waals surface area contributed by atoms with Crippen molar-refractivity contribution in [1.29, 1.82) is 0 Å². The van der Waals surface area contributed by atoms with Crippen molar-refractivity contribution in [3.63, 3.8) is 0 Å². The monoisotopic (exact) mass is 250 g/mol. The van der Waals surface area contributed by atoms with Gasteiger partial charge in [0.15, 0.2) is 5.78 Å². The van der Waals surface area contributed by atoms with Crippen molar-refractivity contribution in [3.05, 3.63) is 70.3 Å². The minimum absolute atomic E-state index is 0.278. The number of fused-ring (bicyclic) bond motifs is 1. The molecule has 2 aromatic carbocycles. The van der Waals surface area contributed by atoms with Crippen molar-refractivity contribution in [2.45, 2.75) is 32.6 Å². The molecule has 0 fully saturated rings. The number of carbonyl (C=O) groups is 1. The van der Waals surface area contributed by atoms with E-state index in [0.29, 0.717) is 12.3 Å². The molecule has 1 aliphatic carbocycles. The average Bonchev–Trinajstić information content (AvgIpc) is 2.39. The van der Waals surface area contributed by atoms with E-state index in [4.69, 9.17) is 0 Å². The minimum Gasteiger partial charge on any atom is -0.294 e. The van der Waals surface area contributed by atoms with Crippen molar-refractivity contribution in [2.75, 3.05) is 0 Å². The van der Waals surface area contributed by atoms with Gasteiger partial charge >= 0.3 is 0 Å². The highest BCUT2D eigenvalue weighted by Crippen LogP contribution is 2.38. The zero-order valence-electron chi connectivity index (χ0n) is 11.4. The van der Waals surface area contributed by atoms with Gasteiger partial charge in [0.1, 0.15) is 0 Å². The predicted octanol–water partition coefficient (Wildman–Crippen LogP) is 4.22. The predicted molar refractivity (Wildman–Crippen MR) is 77.8 cm³/mol. The van der Waals surface area contributed by atoms with Gasteiger partial charge in [0.2, 0.25) is 0 Å². The molecule has 0 bridgehead atoms. The van der Waals surface area contributed by atoms with E-state index >= 15 is 0 Å². The van der Waals surface area contributed by atoms with Crippen LogP contribution in [-0.2, 0) is 6.42 Å². The Kier molecular flexibility index (Phi) is 2.98. The van der Waals surface area contributed by atoms with Crippen LogP contribution >= 0.6 is 0 Å². The summed E-state index contributed by atoms with van der Waals surface area (Å²) in [6.45, 7) is 4.10. The fourth-order valence-corrected chi connectivity index (χ4v) is 2.93. The van der Waals surface area contributed by atoms with Crippen LogP contribution in [-0.4, -0.2) is 5.78 Å². The summed E-state index contributed by atoms with van der Waals surface area (Å²) in [6, 6.07) is 14.4. The Labute approximate surface area is 114 Å². The molecule has 1 aliphatic rings. The molecule has 1 atom stereocenters. The van der Waals surface area contributed by atoms with Crippen molar-refractivity contribution < 1.29 is 4.79 Å². The van der Waals surface area contributed by atoms with Crippen molar-refractivity contribution in [3.8, 4) is 0 Å². The van der Waals surface area contributed by atoms with E-state index in [-0.39, 0.29) is 5.78 Å². The Hall–Kier alpha value is -1.89. The molecule has 1 nitrogen and oxygen atoms in total. The Balaban J connectivity index is 1.79. The zero-order valence-corrected chi connectivity index (χ0v) is 11.4. The average molecular weight is 250 g/mol. The minimum atomic E-state index is 0.278. The second-order valence-corrected chi connectivity index (χ2v) is 5.47. The van der Waals surface area contributed by atoms with Crippen LogP contribution in [0, 0.1) is 13.8 Å². The lowest BCUT2D eigenvalue weighted by molar-refractivity contribution is 0.0970. The molecular formula is C18H18O. The number of carbonyl (C=O) groups excluding carboxylic acids is 1. The highest BCUT2D eigenvalue weighted by molar-refractivity contribution is 5.98. The molecule has 1 unspecified atom stereocenters. The van der Waals surface area contributed by atoms with E-state index in [1.807, 2.05) is 19.1 Å². The molecule has 0 spiro atoms. The van der Waals surface area contributed by atoms with Crippen molar-refractivity contribution in [2.24, 2.45) is 0 Å². The van der Waals surface area contributed by atoms with Gasteiger partial charge in [-0.3, -0.25) is 4.79 Å². The quantitative estimate of drug-likeness (QED) is 0.745. The van der Waals surface area contributed by atoms with Crippen LogP contribution < -0.4 is 0 Å². The Morgan fingerprint density at radius 3 is 2.68 bits per heavy atom. The van der Waals surface area contributed by atoms with Crippen LogP contribution in [0.15, 0.2) is 42.5 Å². The van der Waals surface area contributed by atoms with Gasteiger partial charge in [0.25, 0.3) is 0 Å². The molecule has 0 heterocycles. The summed E-state index contributed by atoms with van der Waals surface area (Å²) < 4.78 is 0. The first kappa shape index (κ1) is 12.2. The van der Waals surface area contributed by atoms with Gasteiger partial charge in [0, 0.05) is 12.0 Å². The molecule has 0 aliphatic heterocycles. The standard InChI is InChI=1S/C18H18O/c1-12-6-5-9-16(13(12)2)18(19)11-15-10-14-7-3-4-8-17(14)15/h3-9,15H,10-11H2,1-2H3. The van der Waals surface area contributed by atoms with Crippen LogP contribution in [0.3, 0.4) is 0 Å². The molecule has 0 N–H and O–H groups in total. The number of hydrogen-bond acceptors (Lipinski definition) is 1. The summed E-state index contributed by atoms with van der Waals surface area (Å²) in [4.78, 5) is 12.4. The Bertz CT molecular complexity index is 640. The van der Waals surface area contributed by atoms with E-state index < -0.39 is 0 Å². The molecule has 3 rings (SSSR count). The molecule has 0 saturated carbocycles. The number of rotatable bonds is 3. The molecule has 0 aromatic heterocycles. The maximum Gasteiger partial charge on any atom is 0.163 e. The molecule has 0 radical (unpaired) electrons. The smallest absolute Gasteiger partial charge is 0.163 e. The van der Waals surface area contributed by atoms with Crippen molar-refractivity contribution >= 4 is 5.78 Å². The second-order valence-electron chi connectivity index (χ2n) is 5.47. The zero-order chi connectivity index (χ0) is 13.4. The number of benzene rings is 2. The van der Waals surface area contributed by atoms with E-state index in [0.717, 1.165) is 17.5 Å². The molecule has 96 valence electrons. The topological polar surface area (TPSA) is 17.1 Å². The number of hydrogen-bond donors (Lipinski definition) is 0. The first-order valence-electron chi connectivity index (χ1n) is 6.84. The summed E-state index contributed by atoms with van der Waals surface area (Å²) in [6.07, 6.45) is 1.69. The van der Waals surface area contributed by atoms with Crippen LogP contribution in [0.4, 0.5) is 0 Å². The third-order valence-electron chi connectivity index (χ3n) is 4.30. The first-order chi connectivity index (χ1) is 9.16. The van der Waals surface area contributed by atoms with E-state index in [9.17, 15) is 4.79 Å². The van der Waals surface area contributed by atoms with Gasteiger partial charge in [-0.25, -0.2) is 0 Å². The lowest BCUT2D eigenvalue weighted by Crippen LogP contribution is -2.20. The molecule has 2 aromatic rings. The van der Waals surface area contributed by atoms with Gasteiger partial charge in [-0.05, 0) is 48.4 Å². The van der Waals surface area contributed by atoms with Gasteiger partial charge in [-0.15, -0.1) is 0 Å². The molecule has 1 heteroatoms. The molecular weight excluding hydrogens is 232 g/mol. The highest BCUT2D eigenvalue weighted by atomic mass is 16.1. The molecule has 0 saturated heterocycles. The molecule has 19 heavy (non-hydrogen) atoms. The number of aryl methyl sites for hydroxylation is 1. The van der Waals surface area contributed by atoms with Gasteiger partial charge in [-0.1, -0.05) is 42.5 Å². The van der Waals surface area contributed by atoms with Crippen LogP contribution in [0.2, 0.25) is 0 Å². The van der Waals surface area contributed by atoms with E-state index in [1.54, 1.807) is 0 Å². The lowest BCUT2D eigenvalue weighted by Gasteiger charge is -2.29. The summed E-state index contributed by atoms with van der Waals surface area (Å²) in [5, 5.41) is 0. The van der Waals surface area contributed by atoms with Crippen LogP contribution in [0.5, 0.6) is 0 Å². The lowest BCUT2D eigenvalue weighted by atomic mass is 9.74. The largest absolute Gasteiger partial charge is 0.294 e. The number of Topliss-reactive ketones (excluding diaryl/α,β-unsaturated/α-hetero) is 1. The third kappa shape index (κ3) is 2.10.